The molecule has 0 heterocycles. The number of aliphatic hydroxyl groups is 4. The van der Waals surface area contributed by atoms with Crippen molar-refractivity contribution < 1.29 is 30.0 Å². The van der Waals surface area contributed by atoms with Crippen LogP contribution in [0.3, 0.4) is 0 Å². The lowest BCUT2D eigenvalue weighted by atomic mass is 10.4. The molecule has 0 spiro atoms. The van der Waals surface area contributed by atoms with Crippen LogP contribution >= 0.6 is 0 Å². The zero-order valence-electron chi connectivity index (χ0n) is 7.17. The fourth-order valence-corrected chi connectivity index (χ4v) is 0.525. The molecule has 2 unspecified atom stereocenters. The van der Waals surface area contributed by atoms with Gasteiger partial charge in [0.1, 0.15) is 12.5 Å². The van der Waals surface area contributed by atoms with Crippen LogP contribution in [0.15, 0.2) is 0 Å². The highest BCUT2D eigenvalue weighted by molar-refractivity contribution is 6.35. The van der Waals surface area contributed by atoms with Gasteiger partial charge in [-0.1, -0.05) is 0 Å². The Hall–Kier alpha value is -1.22. The molecule has 14 heavy (non-hydrogen) atoms. The van der Waals surface area contributed by atoms with E-state index < -0.39 is 37.5 Å². The predicted molar refractivity (Wildman–Crippen MR) is 42.5 cm³/mol. The van der Waals surface area contributed by atoms with Gasteiger partial charge in [-0.05, 0) is 0 Å². The third kappa shape index (κ3) is 4.72. The molecule has 0 aromatic heterocycles. The summed E-state index contributed by atoms with van der Waals surface area (Å²) in [5.74, 6) is -2.45. The highest BCUT2D eigenvalue weighted by Gasteiger charge is 2.18. The van der Waals surface area contributed by atoms with E-state index in [1.807, 2.05) is 0 Å². The van der Waals surface area contributed by atoms with Gasteiger partial charge in [0, 0.05) is 0 Å². The molecule has 0 aliphatic carbocycles. The summed E-state index contributed by atoms with van der Waals surface area (Å²) in [6.07, 6.45) is -3.08. The summed E-state index contributed by atoms with van der Waals surface area (Å²) in [5.41, 5.74) is 0. The number of carbonyl (C=O) groups excluding carboxylic acids is 2. The van der Waals surface area contributed by atoms with Crippen molar-refractivity contribution in [2.45, 2.75) is 12.5 Å². The van der Waals surface area contributed by atoms with E-state index in [9.17, 15) is 9.59 Å². The van der Waals surface area contributed by atoms with E-state index >= 15 is 0 Å². The van der Waals surface area contributed by atoms with Gasteiger partial charge in [-0.15, -0.1) is 0 Å². The smallest absolute Gasteiger partial charge is 0.311 e. The highest BCUT2D eigenvalue weighted by Crippen LogP contribution is 1.78. The Morgan fingerprint density at radius 2 is 1.21 bits per heavy atom. The van der Waals surface area contributed by atoms with Gasteiger partial charge in [-0.3, -0.25) is 9.59 Å². The summed E-state index contributed by atoms with van der Waals surface area (Å²) in [6.45, 7) is -1.47. The molecule has 0 fully saturated rings. The molecule has 0 rings (SSSR count). The molecule has 0 aromatic rings. The van der Waals surface area contributed by atoms with Crippen molar-refractivity contribution in [3.63, 3.8) is 0 Å². The Bertz CT molecular complexity index is 186. The maximum absolute atomic E-state index is 10.8. The largest absolute Gasteiger partial charge is 0.392 e. The number of rotatable bonds is 4. The lowest BCUT2D eigenvalue weighted by Gasteiger charge is -2.11. The first-order valence-electron chi connectivity index (χ1n) is 3.70. The topological polar surface area (TPSA) is 139 Å². The second kappa shape index (κ2) is 6.27. The van der Waals surface area contributed by atoms with Crippen molar-refractivity contribution in [1.29, 1.82) is 0 Å². The number of aliphatic hydroxyl groups excluding tert-OH is 4. The minimum atomic E-state index is -1.54. The van der Waals surface area contributed by atoms with Crippen LogP contribution in [0.2, 0.25) is 0 Å². The number of amides is 2. The molecule has 0 radical (unpaired) electrons. The van der Waals surface area contributed by atoms with Gasteiger partial charge in [0.25, 0.3) is 0 Å². The zero-order chi connectivity index (χ0) is 11.1. The fourth-order valence-electron chi connectivity index (χ4n) is 0.525. The van der Waals surface area contributed by atoms with Crippen LogP contribution in [0.5, 0.6) is 0 Å². The lowest BCUT2D eigenvalue weighted by molar-refractivity contribution is -0.143. The van der Waals surface area contributed by atoms with Gasteiger partial charge >= 0.3 is 11.8 Å². The van der Waals surface area contributed by atoms with Gasteiger partial charge in [-0.25, -0.2) is 0 Å². The van der Waals surface area contributed by atoms with Crippen molar-refractivity contribution in [3.05, 3.63) is 0 Å². The van der Waals surface area contributed by atoms with Gasteiger partial charge in [0.05, 0.1) is 13.2 Å². The average Bonchev–Trinajstić information content (AvgIpc) is 2.17. The molecule has 8 heteroatoms. The Balaban J connectivity index is 3.94. The summed E-state index contributed by atoms with van der Waals surface area (Å²) in [5, 5.41) is 37.4. The molecule has 0 bridgehead atoms. The molecular weight excluding hydrogens is 196 g/mol. The fraction of sp³-hybridized carbons (Fsp3) is 0.667. The van der Waals surface area contributed by atoms with E-state index in [0.717, 1.165) is 0 Å². The van der Waals surface area contributed by atoms with Crippen LogP contribution in [0, 0.1) is 0 Å². The zero-order valence-corrected chi connectivity index (χ0v) is 7.17. The predicted octanol–water partition coefficient (Wildman–Crippen LogP) is -4.16. The van der Waals surface area contributed by atoms with Crippen LogP contribution in [0.4, 0.5) is 0 Å². The van der Waals surface area contributed by atoms with Crippen molar-refractivity contribution in [2.24, 2.45) is 0 Å². The summed E-state index contributed by atoms with van der Waals surface area (Å²) < 4.78 is 0. The van der Waals surface area contributed by atoms with Gasteiger partial charge < -0.3 is 31.1 Å². The molecular formula is C6H12N2O6. The molecule has 2 amide bonds. The normalized spacial score (nSPS) is 14.3. The van der Waals surface area contributed by atoms with Crippen molar-refractivity contribution >= 4 is 11.8 Å². The molecule has 0 aliphatic heterocycles. The quantitative estimate of drug-likeness (QED) is 0.205. The Labute approximate surface area is 79.2 Å². The Morgan fingerprint density at radius 1 is 0.929 bits per heavy atom. The first kappa shape index (κ1) is 12.8. The first-order valence-corrected chi connectivity index (χ1v) is 3.70. The molecule has 0 aromatic carbocycles. The third-order valence-corrected chi connectivity index (χ3v) is 1.15. The van der Waals surface area contributed by atoms with Crippen LogP contribution < -0.4 is 10.6 Å². The van der Waals surface area contributed by atoms with Gasteiger partial charge in [0.15, 0.2) is 0 Å². The van der Waals surface area contributed by atoms with E-state index in [1.165, 1.54) is 0 Å². The monoisotopic (exact) mass is 208 g/mol. The SMILES string of the molecule is O=C(NC(O)CO)C(=O)NC(O)CO. The highest BCUT2D eigenvalue weighted by atomic mass is 16.3. The maximum Gasteiger partial charge on any atom is 0.311 e. The molecule has 0 saturated carbocycles. The second-order valence-electron chi connectivity index (χ2n) is 2.34. The Kier molecular flexibility index (Phi) is 5.72. The molecule has 2 atom stereocenters. The van der Waals surface area contributed by atoms with E-state index in [2.05, 4.69) is 0 Å². The Morgan fingerprint density at radius 3 is 1.43 bits per heavy atom. The summed E-state index contributed by atoms with van der Waals surface area (Å²) in [7, 11) is 0. The van der Waals surface area contributed by atoms with Crippen molar-refractivity contribution in [3.8, 4) is 0 Å². The van der Waals surface area contributed by atoms with Gasteiger partial charge in [0.2, 0.25) is 0 Å². The number of nitrogens with one attached hydrogen (secondary N) is 2. The van der Waals surface area contributed by atoms with E-state index in [0.29, 0.717) is 0 Å². The maximum atomic E-state index is 10.8. The summed E-state index contributed by atoms with van der Waals surface area (Å²) in [4.78, 5) is 21.6. The minimum Gasteiger partial charge on any atom is -0.392 e. The number of carbonyl (C=O) groups is 2. The van der Waals surface area contributed by atoms with E-state index in [1.54, 1.807) is 10.6 Å². The number of hydrogen-bond acceptors (Lipinski definition) is 6. The van der Waals surface area contributed by atoms with Gasteiger partial charge in [-0.2, -0.15) is 0 Å². The molecule has 8 nitrogen and oxygen atoms in total. The third-order valence-electron chi connectivity index (χ3n) is 1.15. The molecule has 6 N–H and O–H groups in total. The standard InChI is InChI=1S/C6H12N2O6/c9-1-3(11)7-5(13)6(14)8-4(12)2-10/h3-4,9-12H,1-2H2,(H,7,13)(H,8,14). The van der Waals surface area contributed by atoms with E-state index in [4.69, 9.17) is 20.4 Å². The average molecular weight is 208 g/mol. The molecule has 82 valence electrons. The minimum absolute atomic E-state index is 0.735. The lowest BCUT2D eigenvalue weighted by Crippen LogP contribution is -2.49. The van der Waals surface area contributed by atoms with Crippen molar-refractivity contribution in [1.82, 2.24) is 10.6 Å². The number of hydrogen-bond donors (Lipinski definition) is 6. The second-order valence-corrected chi connectivity index (χ2v) is 2.34. The van der Waals surface area contributed by atoms with Crippen LogP contribution in [0.25, 0.3) is 0 Å². The summed E-state index contributed by atoms with van der Waals surface area (Å²) in [6, 6.07) is 0. The molecule has 0 saturated heterocycles. The summed E-state index contributed by atoms with van der Waals surface area (Å²) >= 11 is 0. The van der Waals surface area contributed by atoms with E-state index in [-0.39, 0.29) is 0 Å². The van der Waals surface area contributed by atoms with Crippen LogP contribution in [0.1, 0.15) is 0 Å². The molecule has 0 aliphatic rings. The van der Waals surface area contributed by atoms with Crippen molar-refractivity contribution in [2.75, 3.05) is 13.2 Å². The first-order chi connectivity index (χ1) is 6.51. The van der Waals surface area contributed by atoms with Crippen LogP contribution in [-0.4, -0.2) is 57.9 Å². The van der Waals surface area contributed by atoms with Crippen LogP contribution in [-0.2, 0) is 9.59 Å².